The molecule has 1 N–H and O–H groups in total. The van der Waals surface area contributed by atoms with Crippen molar-refractivity contribution in [3.05, 3.63) is 34.9 Å². The lowest BCUT2D eigenvalue weighted by atomic mass is 9.99. The van der Waals surface area contributed by atoms with Gasteiger partial charge in [-0.25, -0.2) is 4.79 Å². The topological polar surface area (TPSA) is 37.3 Å². The van der Waals surface area contributed by atoms with Crippen LogP contribution >= 0.6 is 0 Å². The van der Waals surface area contributed by atoms with Gasteiger partial charge in [0.15, 0.2) is 0 Å². The van der Waals surface area contributed by atoms with Crippen LogP contribution in [0.5, 0.6) is 0 Å². The van der Waals surface area contributed by atoms with Crippen molar-refractivity contribution in [3.63, 3.8) is 0 Å². The van der Waals surface area contributed by atoms with Gasteiger partial charge < -0.3 is 5.11 Å². The lowest BCUT2D eigenvalue weighted by molar-refractivity contribution is 0.0696. The molecule has 0 aliphatic rings. The fourth-order valence-corrected chi connectivity index (χ4v) is 3.44. The molecule has 0 spiro atoms. The molecule has 0 aliphatic heterocycles. The summed E-state index contributed by atoms with van der Waals surface area (Å²) in [6, 6.07) is 5.51. The molecule has 1 rings (SSSR count). The molecule has 0 saturated heterocycles. The van der Waals surface area contributed by atoms with Gasteiger partial charge in [0.2, 0.25) is 0 Å². The normalized spacial score (nSPS) is 11.0. The monoisotopic (exact) mass is 346 g/mol. The smallest absolute Gasteiger partial charge is 0.335 e. The van der Waals surface area contributed by atoms with E-state index in [1.54, 1.807) is 12.1 Å². The maximum absolute atomic E-state index is 11.0. The molecule has 1 aromatic carbocycles. The minimum atomic E-state index is -0.837. The lowest BCUT2D eigenvalue weighted by Gasteiger charge is -2.07. The van der Waals surface area contributed by atoms with Crippen LogP contribution in [0.1, 0.15) is 112 Å². The Labute approximate surface area is 155 Å². The van der Waals surface area contributed by atoms with E-state index in [1.807, 2.05) is 13.0 Å². The fourth-order valence-electron chi connectivity index (χ4n) is 3.44. The zero-order valence-electron chi connectivity index (χ0n) is 16.5. The number of aryl methyl sites for hydroxylation is 2. The molecule has 0 aromatic heterocycles. The molecule has 25 heavy (non-hydrogen) atoms. The van der Waals surface area contributed by atoms with Crippen molar-refractivity contribution in [2.75, 3.05) is 0 Å². The summed E-state index contributed by atoms with van der Waals surface area (Å²) >= 11 is 0. The standard InChI is InChI=1S/C23H38O2/c1-3-4-5-6-7-8-9-10-11-12-13-14-15-16-21-17-18-22(23(24)25)19-20(21)2/h17-19H,3-16H2,1-2H3,(H,24,25). The number of unbranched alkanes of at least 4 members (excludes halogenated alkanes) is 12. The third kappa shape index (κ3) is 10.3. The van der Waals surface area contributed by atoms with Crippen molar-refractivity contribution < 1.29 is 9.90 Å². The Morgan fingerprint density at radius 3 is 1.72 bits per heavy atom. The average Bonchev–Trinajstić information content (AvgIpc) is 2.60. The number of hydrogen-bond acceptors (Lipinski definition) is 1. The Morgan fingerprint density at radius 1 is 0.800 bits per heavy atom. The number of carboxylic acids is 1. The van der Waals surface area contributed by atoms with Crippen molar-refractivity contribution in [1.82, 2.24) is 0 Å². The molecule has 0 atom stereocenters. The molecular weight excluding hydrogens is 308 g/mol. The molecule has 1 aromatic rings. The minimum absolute atomic E-state index is 0.395. The van der Waals surface area contributed by atoms with Gasteiger partial charge in [0, 0.05) is 0 Å². The van der Waals surface area contributed by atoms with Crippen LogP contribution in [0.2, 0.25) is 0 Å². The van der Waals surface area contributed by atoms with Gasteiger partial charge in [-0.3, -0.25) is 0 Å². The van der Waals surface area contributed by atoms with Crippen LogP contribution < -0.4 is 0 Å². The van der Waals surface area contributed by atoms with Crippen LogP contribution in [0.15, 0.2) is 18.2 Å². The van der Waals surface area contributed by atoms with Crippen molar-refractivity contribution >= 4 is 5.97 Å². The van der Waals surface area contributed by atoms with Crippen molar-refractivity contribution in [1.29, 1.82) is 0 Å². The average molecular weight is 347 g/mol. The fraction of sp³-hybridized carbons (Fsp3) is 0.696. The van der Waals surface area contributed by atoms with E-state index in [0.717, 1.165) is 12.0 Å². The van der Waals surface area contributed by atoms with E-state index >= 15 is 0 Å². The zero-order chi connectivity index (χ0) is 18.3. The second-order valence-electron chi connectivity index (χ2n) is 7.44. The largest absolute Gasteiger partial charge is 0.478 e. The Morgan fingerprint density at radius 2 is 1.28 bits per heavy atom. The van der Waals surface area contributed by atoms with E-state index in [0.29, 0.717) is 5.56 Å². The Balaban J connectivity index is 1.96. The summed E-state index contributed by atoms with van der Waals surface area (Å²) in [5, 5.41) is 9.00. The number of benzene rings is 1. The van der Waals surface area contributed by atoms with Gasteiger partial charge >= 0.3 is 5.97 Å². The summed E-state index contributed by atoms with van der Waals surface area (Å²) in [5.41, 5.74) is 2.80. The highest BCUT2D eigenvalue weighted by Crippen LogP contribution is 2.16. The molecule has 0 radical (unpaired) electrons. The van der Waals surface area contributed by atoms with Crippen LogP contribution in [0.25, 0.3) is 0 Å². The van der Waals surface area contributed by atoms with Crippen molar-refractivity contribution in [3.8, 4) is 0 Å². The molecule has 0 fully saturated rings. The molecule has 0 bridgehead atoms. The molecule has 0 heterocycles. The van der Waals surface area contributed by atoms with Crippen LogP contribution in [0.3, 0.4) is 0 Å². The predicted octanol–water partition coefficient (Wildman–Crippen LogP) is 7.33. The van der Waals surface area contributed by atoms with Gasteiger partial charge in [0.1, 0.15) is 0 Å². The highest BCUT2D eigenvalue weighted by Gasteiger charge is 2.05. The van der Waals surface area contributed by atoms with Crippen LogP contribution in [-0.4, -0.2) is 11.1 Å². The first kappa shape index (κ1) is 21.7. The molecule has 2 heteroatoms. The Hall–Kier alpha value is -1.31. The summed E-state index contributed by atoms with van der Waals surface area (Å²) in [6.45, 7) is 4.29. The zero-order valence-corrected chi connectivity index (χ0v) is 16.5. The Bertz CT molecular complexity index is 479. The molecule has 0 saturated carbocycles. The number of carbonyl (C=O) groups is 1. The molecule has 2 nitrogen and oxygen atoms in total. The number of rotatable bonds is 15. The van der Waals surface area contributed by atoms with Gasteiger partial charge in [-0.05, 0) is 43.0 Å². The molecule has 0 amide bonds. The molecule has 0 aliphatic carbocycles. The van der Waals surface area contributed by atoms with Gasteiger partial charge in [0.05, 0.1) is 5.56 Å². The van der Waals surface area contributed by atoms with E-state index in [1.165, 1.54) is 89.0 Å². The quantitative estimate of drug-likeness (QED) is 0.338. The number of aromatic carboxylic acids is 1. The first-order chi connectivity index (χ1) is 12.1. The first-order valence-electron chi connectivity index (χ1n) is 10.5. The van der Waals surface area contributed by atoms with E-state index in [2.05, 4.69) is 6.92 Å². The molecule has 0 unspecified atom stereocenters. The highest BCUT2D eigenvalue weighted by molar-refractivity contribution is 5.87. The molecule has 142 valence electrons. The second kappa shape index (κ2) is 13.9. The van der Waals surface area contributed by atoms with Crippen LogP contribution in [0.4, 0.5) is 0 Å². The van der Waals surface area contributed by atoms with E-state index in [4.69, 9.17) is 5.11 Å². The number of carboxylic acid groups (broad SMARTS) is 1. The lowest BCUT2D eigenvalue weighted by Crippen LogP contribution is -1.99. The SMILES string of the molecule is CCCCCCCCCCCCCCCc1ccc(C(=O)O)cc1C. The van der Waals surface area contributed by atoms with Gasteiger partial charge in [0.25, 0.3) is 0 Å². The van der Waals surface area contributed by atoms with Gasteiger partial charge in [-0.2, -0.15) is 0 Å². The van der Waals surface area contributed by atoms with Gasteiger partial charge in [-0.1, -0.05) is 90.0 Å². The summed E-state index contributed by atoms with van der Waals surface area (Å²) in [7, 11) is 0. The Kier molecular flexibility index (Phi) is 12.1. The first-order valence-corrected chi connectivity index (χ1v) is 10.5. The third-order valence-electron chi connectivity index (χ3n) is 5.14. The van der Waals surface area contributed by atoms with Gasteiger partial charge in [-0.15, -0.1) is 0 Å². The molecular formula is C23H38O2. The number of hydrogen-bond donors (Lipinski definition) is 1. The predicted molar refractivity (Wildman–Crippen MR) is 108 cm³/mol. The summed E-state index contributed by atoms with van der Waals surface area (Å²) < 4.78 is 0. The summed E-state index contributed by atoms with van der Waals surface area (Å²) in [4.78, 5) is 11.0. The summed E-state index contributed by atoms with van der Waals surface area (Å²) in [6.07, 6.45) is 19.0. The second-order valence-corrected chi connectivity index (χ2v) is 7.44. The van der Waals surface area contributed by atoms with Crippen LogP contribution in [-0.2, 0) is 6.42 Å². The minimum Gasteiger partial charge on any atom is -0.478 e. The summed E-state index contributed by atoms with van der Waals surface area (Å²) in [5.74, 6) is -0.837. The third-order valence-corrected chi connectivity index (χ3v) is 5.14. The maximum atomic E-state index is 11.0. The highest BCUT2D eigenvalue weighted by atomic mass is 16.4. The van der Waals surface area contributed by atoms with Crippen LogP contribution in [0, 0.1) is 6.92 Å². The van der Waals surface area contributed by atoms with E-state index in [9.17, 15) is 4.79 Å². The van der Waals surface area contributed by atoms with Crippen molar-refractivity contribution in [2.45, 2.75) is 104 Å². The van der Waals surface area contributed by atoms with Crippen molar-refractivity contribution in [2.24, 2.45) is 0 Å². The maximum Gasteiger partial charge on any atom is 0.335 e. The van der Waals surface area contributed by atoms with E-state index in [-0.39, 0.29) is 0 Å². The van der Waals surface area contributed by atoms with E-state index < -0.39 is 5.97 Å².